The van der Waals surface area contributed by atoms with Gasteiger partial charge in [-0.1, -0.05) is 12.1 Å². The second-order valence-electron chi connectivity index (χ2n) is 8.53. The van der Waals surface area contributed by atoms with E-state index in [2.05, 4.69) is 22.5 Å². The molecule has 1 aromatic carbocycles. The Morgan fingerprint density at radius 3 is 2.72 bits per heavy atom. The molecule has 8 heteroatoms. The van der Waals surface area contributed by atoms with Crippen molar-refractivity contribution in [3.05, 3.63) is 34.9 Å². The van der Waals surface area contributed by atoms with Crippen molar-refractivity contribution < 1.29 is 19.2 Å². The molecule has 29 heavy (non-hydrogen) atoms. The molecule has 0 saturated carbocycles. The van der Waals surface area contributed by atoms with Gasteiger partial charge in [0.2, 0.25) is 11.8 Å². The number of imide groups is 2. The maximum Gasteiger partial charge on any atom is 0.262 e. The highest BCUT2D eigenvalue weighted by Crippen LogP contribution is 2.36. The lowest BCUT2D eigenvalue weighted by molar-refractivity contribution is -0.136. The van der Waals surface area contributed by atoms with Crippen LogP contribution >= 0.6 is 0 Å². The molecule has 4 aliphatic heterocycles. The number of hydrogen-bond donors (Lipinski definition) is 2. The van der Waals surface area contributed by atoms with Crippen LogP contribution in [0.5, 0.6) is 0 Å². The highest BCUT2D eigenvalue weighted by molar-refractivity contribution is 6.24. The number of rotatable bonds is 3. The number of nitrogens with zero attached hydrogens (tertiary/aromatic N) is 2. The summed E-state index contributed by atoms with van der Waals surface area (Å²) in [6, 6.07) is 5.29. The Hall–Kier alpha value is -2.58. The molecule has 8 nitrogen and oxygen atoms in total. The zero-order valence-electron chi connectivity index (χ0n) is 16.3. The van der Waals surface area contributed by atoms with Gasteiger partial charge in [-0.2, -0.15) is 0 Å². The molecule has 4 heterocycles. The minimum absolute atomic E-state index is 0.123. The quantitative estimate of drug-likeness (QED) is 0.712. The summed E-state index contributed by atoms with van der Waals surface area (Å²) in [5.74, 6) is -1.20. The van der Waals surface area contributed by atoms with E-state index in [1.807, 2.05) is 6.07 Å². The van der Waals surface area contributed by atoms with Gasteiger partial charge in [-0.3, -0.25) is 34.3 Å². The Balaban J connectivity index is 1.45. The minimum atomic E-state index is -0.929. The average Bonchev–Trinajstić information content (AvgIpc) is 3.32. The molecule has 152 valence electrons. The molecular formula is C21H24N4O4. The fraction of sp³-hybridized carbons (Fsp3) is 0.524. The third kappa shape index (κ3) is 2.81. The van der Waals surface area contributed by atoms with E-state index in [4.69, 9.17) is 0 Å². The Morgan fingerprint density at radius 1 is 1.10 bits per heavy atom. The molecule has 5 rings (SSSR count). The van der Waals surface area contributed by atoms with Crippen molar-refractivity contribution in [1.29, 1.82) is 0 Å². The van der Waals surface area contributed by atoms with E-state index in [1.54, 1.807) is 12.1 Å². The molecule has 2 N–H and O–H groups in total. The van der Waals surface area contributed by atoms with Gasteiger partial charge < -0.3 is 5.32 Å². The summed E-state index contributed by atoms with van der Waals surface area (Å²) in [6.45, 7) is 4.79. The molecule has 4 amide bonds. The zero-order chi connectivity index (χ0) is 20.3. The Labute approximate surface area is 168 Å². The molecule has 4 aliphatic rings. The molecule has 3 fully saturated rings. The molecule has 0 radical (unpaired) electrons. The smallest absolute Gasteiger partial charge is 0.262 e. The van der Waals surface area contributed by atoms with Crippen molar-refractivity contribution >= 4 is 23.6 Å². The van der Waals surface area contributed by atoms with Crippen LogP contribution in [-0.2, 0) is 16.1 Å². The first-order chi connectivity index (χ1) is 14.0. The Kier molecular flexibility index (Phi) is 4.29. The third-order valence-electron chi connectivity index (χ3n) is 6.85. The maximum atomic E-state index is 13.2. The number of hydrogen-bond acceptors (Lipinski definition) is 6. The first kappa shape index (κ1) is 18.4. The SMILES string of the molecule is C[C@@H]1C[C@H]2CNC[C@H]2N1Cc1cccc2c1C(=O)N(C1CCC(=O)NC1=O)C2=O. The van der Waals surface area contributed by atoms with Gasteiger partial charge in [0.05, 0.1) is 11.1 Å². The first-order valence-corrected chi connectivity index (χ1v) is 10.3. The number of amides is 4. The summed E-state index contributed by atoms with van der Waals surface area (Å²) >= 11 is 0. The van der Waals surface area contributed by atoms with Crippen LogP contribution in [0.4, 0.5) is 0 Å². The highest BCUT2D eigenvalue weighted by Gasteiger charge is 2.47. The first-order valence-electron chi connectivity index (χ1n) is 10.3. The normalized spacial score (nSPS) is 32.0. The summed E-state index contributed by atoms with van der Waals surface area (Å²) < 4.78 is 0. The van der Waals surface area contributed by atoms with Gasteiger partial charge in [-0.05, 0) is 43.9 Å². The predicted octanol–water partition coefficient (Wildman–Crippen LogP) is 0.270. The van der Waals surface area contributed by atoms with Crippen LogP contribution in [0.2, 0.25) is 0 Å². The van der Waals surface area contributed by atoms with E-state index < -0.39 is 23.8 Å². The lowest BCUT2D eigenvalue weighted by Crippen LogP contribution is -2.54. The average molecular weight is 396 g/mol. The van der Waals surface area contributed by atoms with Crippen LogP contribution < -0.4 is 10.6 Å². The van der Waals surface area contributed by atoms with Crippen molar-refractivity contribution in [1.82, 2.24) is 20.4 Å². The maximum absolute atomic E-state index is 13.2. The van der Waals surface area contributed by atoms with Gasteiger partial charge in [0.1, 0.15) is 6.04 Å². The lowest BCUT2D eigenvalue weighted by Gasteiger charge is -2.29. The number of benzene rings is 1. The molecule has 1 aromatic rings. The van der Waals surface area contributed by atoms with Crippen LogP contribution in [0.1, 0.15) is 52.5 Å². The van der Waals surface area contributed by atoms with Crippen LogP contribution in [0, 0.1) is 5.92 Å². The number of nitrogens with one attached hydrogen (secondary N) is 2. The van der Waals surface area contributed by atoms with Gasteiger partial charge in [0.25, 0.3) is 11.8 Å². The lowest BCUT2D eigenvalue weighted by atomic mass is 10.0. The van der Waals surface area contributed by atoms with E-state index in [0.717, 1.165) is 30.0 Å². The number of piperidine rings is 1. The van der Waals surface area contributed by atoms with Gasteiger partial charge >= 0.3 is 0 Å². The van der Waals surface area contributed by atoms with Crippen molar-refractivity contribution in [3.8, 4) is 0 Å². The molecular weight excluding hydrogens is 372 g/mol. The van der Waals surface area contributed by atoms with Crippen LogP contribution in [0.15, 0.2) is 18.2 Å². The number of fused-ring (bicyclic) bond motifs is 2. The Bertz CT molecular complexity index is 929. The summed E-state index contributed by atoms with van der Waals surface area (Å²) in [5.41, 5.74) is 1.59. The standard InChI is InChI=1S/C21H24N4O4/c1-11-7-13-8-22-9-16(13)24(11)10-12-3-2-4-14-18(12)21(29)25(20(14)28)15-5-6-17(26)23-19(15)27/h2-4,11,13,15-16,22H,5-10H2,1H3,(H,23,26,27)/t11-,13+,15?,16-/m1/s1. The molecule has 0 aliphatic carbocycles. The second kappa shape index (κ2) is 6.74. The van der Waals surface area contributed by atoms with Gasteiger partial charge in [0.15, 0.2) is 0 Å². The number of likely N-dealkylation sites (tertiary alicyclic amines) is 1. The highest BCUT2D eigenvalue weighted by atomic mass is 16.2. The molecule has 0 spiro atoms. The summed E-state index contributed by atoms with van der Waals surface area (Å²) in [4.78, 5) is 53.4. The van der Waals surface area contributed by atoms with E-state index >= 15 is 0 Å². The van der Waals surface area contributed by atoms with Crippen LogP contribution in [0.3, 0.4) is 0 Å². The van der Waals surface area contributed by atoms with Gasteiger partial charge in [-0.15, -0.1) is 0 Å². The fourth-order valence-corrected chi connectivity index (χ4v) is 5.43. The zero-order valence-corrected chi connectivity index (χ0v) is 16.3. The number of carbonyl (C=O) groups excluding carboxylic acids is 4. The van der Waals surface area contributed by atoms with E-state index in [1.165, 1.54) is 0 Å². The third-order valence-corrected chi connectivity index (χ3v) is 6.85. The summed E-state index contributed by atoms with van der Waals surface area (Å²) in [6.07, 6.45) is 1.42. The van der Waals surface area contributed by atoms with E-state index in [-0.39, 0.29) is 18.7 Å². The Morgan fingerprint density at radius 2 is 1.93 bits per heavy atom. The van der Waals surface area contributed by atoms with Gasteiger partial charge in [0, 0.05) is 31.6 Å². The molecule has 4 atom stereocenters. The summed E-state index contributed by atoms with van der Waals surface area (Å²) in [5, 5.41) is 5.68. The monoisotopic (exact) mass is 396 g/mol. The topological polar surface area (TPSA) is 98.8 Å². The van der Waals surface area contributed by atoms with Crippen molar-refractivity contribution in [3.63, 3.8) is 0 Å². The van der Waals surface area contributed by atoms with Crippen LogP contribution in [0.25, 0.3) is 0 Å². The predicted molar refractivity (Wildman–Crippen MR) is 103 cm³/mol. The minimum Gasteiger partial charge on any atom is -0.315 e. The molecule has 0 aromatic heterocycles. The van der Waals surface area contributed by atoms with Crippen molar-refractivity contribution in [2.45, 2.75) is 50.9 Å². The molecule has 3 saturated heterocycles. The fourth-order valence-electron chi connectivity index (χ4n) is 5.43. The van der Waals surface area contributed by atoms with E-state index in [0.29, 0.717) is 35.7 Å². The largest absolute Gasteiger partial charge is 0.315 e. The second-order valence-corrected chi connectivity index (χ2v) is 8.53. The van der Waals surface area contributed by atoms with E-state index in [9.17, 15) is 19.2 Å². The van der Waals surface area contributed by atoms with Crippen molar-refractivity contribution in [2.24, 2.45) is 5.92 Å². The molecule has 0 bridgehead atoms. The van der Waals surface area contributed by atoms with Crippen molar-refractivity contribution in [2.75, 3.05) is 13.1 Å². The molecule has 1 unspecified atom stereocenters. The van der Waals surface area contributed by atoms with Gasteiger partial charge in [-0.25, -0.2) is 0 Å². The van der Waals surface area contributed by atoms with Crippen LogP contribution in [-0.4, -0.2) is 64.6 Å². The summed E-state index contributed by atoms with van der Waals surface area (Å²) in [7, 11) is 0. The number of carbonyl (C=O) groups is 4.